The van der Waals surface area contributed by atoms with Crippen LogP contribution in [-0.4, -0.2) is 44.4 Å². The van der Waals surface area contributed by atoms with E-state index in [0.29, 0.717) is 17.1 Å². The van der Waals surface area contributed by atoms with Gasteiger partial charge in [0, 0.05) is 10.6 Å². The summed E-state index contributed by atoms with van der Waals surface area (Å²) in [4.78, 5) is 14.0. The first kappa shape index (κ1) is 14.2. The molecule has 94 valence electrons. The van der Waals surface area contributed by atoms with Gasteiger partial charge in [-0.15, -0.1) is 0 Å². The van der Waals surface area contributed by atoms with Crippen molar-refractivity contribution in [3.8, 4) is 0 Å². The molecule has 0 unspecified atom stereocenters. The Bertz CT molecular complexity index is 368. The highest BCUT2D eigenvalue weighted by atomic mass is 35.5. The molecule has 17 heavy (non-hydrogen) atoms. The van der Waals surface area contributed by atoms with Crippen molar-refractivity contribution < 1.29 is 4.79 Å². The molecule has 0 aliphatic heterocycles. The number of carbonyl (C=O) groups excluding carboxylic acids is 1. The van der Waals surface area contributed by atoms with Crippen molar-refractivity contribution in [2.45, 2.75) is 6.42 Å². The lowest BCUT2D eigenvalue weighted by molar-refractivity contribution is 0.0946. The maximum absolute atomic E-state index is 11.9. The van der Waals surface area contributed by atoms with Crippen molar-refractivity contribution in [1.82, 2.24) is 10.2 Å². The predicted molar refractivity (Wildman–Crippen MR) is 71.8 cm³/mol. The van der Waals surface area contributed by atoms with Crippen LogP contribution in [0.2, 0.25) is 5.02 Å². The second-order valence-corrected chi connectivity index (χ2v) is 4.56. The van der Waals surface area contributed by atoms with Gasteiger partial charge in [0.05, 0.1) is 6.54 Å². The molecule has 0 spiro atoms. The van der Waals surface area contributed by atoms with Gasteiger partial charge in [0.1, 0.15) is 0 Å². The molecule has 0 fully saturated rings. The summed E-state index contributed by atoms with van der Waals surface area (Å²) in [5.41, 5.74) is 0.679. The standard InChI is InChI=1S/C13H19ClN2O/c1-15-7-4-8-16(2)10-13(17)11-5-3-6-12(14)9-11/h3,5-6,9,15H,4,7-8,10H2,1-2H3. The van der Waals surface area contributed by atoms with Crippen LogP contribution >= 0.6 is 11.6 Å². The van der Waals surface area contributed by atoms with E-state index in [1.54, 1.807) is 24.3 Å². The Morgan fingerprint density at radius 3 is 2.88 bits per heavy atom. The van der Waals surface area contributed by atoms with Gasteiger partial charge in [-0.1, -0.05) is 23.7 Å². The zero-order valence-corrected chi connectivity index (χ0v) is 11.1. The molecule has 1 rings (SSSR count). The van der Waals surface area contributed by atoms with Crippen LogP contribution in [0.1, 0.15) is 16.8 Å². The molecule has 0 amide bonds. The Hall–Kier alpha value is -0.900. The van der Waals surface area contributed by atoms with Gasteiger partial charge in [0.15, 0.2) is 5.78 Å². The van der Waals surface area contributed by atoms with Crippen LogP contribution in [0.5, 0.6) is 0 Å². The van der Waals surface area contributed by atoms with Gasteiger partial charge < -0.3 is 5.32 Å². The number of Topliss-reactive ketones (excluding diaryl/α,β-unsaturated/α-hetero) is 1. The van der Waals surface area contributed by atoms with Crippen LogP contribution < -0.4 is 5.32 Å². The van der Waals surface area contributed by atoms with Crippen LogP contribution in [0, 0.1) is 0 Å². The Labute approximate surface area is 108 Å². The summed E-state index contributed by atoms with van der Waals surface area (Å²) >= 11 is 5.85. The maximum Gasteiger partial charge on any atom is 0.176 e. The van der Waals surface area contributed by atoms with Crippen molar-refractivity contribution in [2.24, 2.45) is 0 Å². The number of likely N-dealkylation sites (N-methyl/N-ethyl adjacent to an activating group) is 1. The van der Waals surface area contributed by atoms with Crippen LogP contribution in [0.25, 0.3) is 0 Å². The van der Waals surface area contributed by atoms with E-state index in [9.17, 15) is 4.79 Å². The lowest BCUT2D eigenvalue weighted by Gasteiger charge is -2.15. The van der Waals surface area contributed by atoms with Crippen molar-refractivity contribution >= 4 is 17.4 Å². The van der Waals surface area contributed by atoms with E-state index in [1.807, 2.05) is 19.0 Å². The van der Waals surface area contributed by atoms with E-state index in [-0.39, 0.29) is 5.78 Å². The quantitative estimate of drug-likeness (QED) is 0.597. The number of carbonyl (C=O) groups is 1. The Morgan fingerprint density at radius 1 is 1.47 bits per heavy atom. The molecule has 3 nitrogen and oxygen atoms in total. The SMILES string of the molecule is CNCCCN(C)CC(=O)c1cccc(Cl)c1. The minimum atomic E-state index is 0.111. The van der Waals surface area contributed by atoms with Gasteiger partial charge in [-0.25, -0.2) is 0 Å². The van der Waals surface area contributed by atoms with Crippen molar-refractivity contribution in [2.75, 3.05) is 33.7 Å². The average Bonchev–Trinajstić information content (AvgIpc) is 2.29. The fourth-order valence-corrected chi connectivity index (χ4v) is 1.79. The summed E-state index contributed by atoms with van der Waals surface area (Å²) in [6.45, 7) is 2.31. The third-order valence-electron chi connectivity index (χ3n) is 2.53. The van der Waals surface area contributed by atoms with E-state index in [4.69, 9.17) is 11.6 Å². The summed E-state index contributed by atoms with van der Waals surface area (Å²) in [7, 11) is 3.88. The van der Waals surface area contributed by atoms with Gasteiger partial charge in [-0.05, 0) is 45.7 Å². The number of rotatable bonds is 7. The van der Waals surface area contributed by atoms with E-state index >= 15 is 0 Å². The molecule has 1 N–H and O–H groups in total. The highest BCUT2D eigenvalue weighted by molar-refractivity contribution is 6.31. The second-order valence-electron chi connectivity index (χ2n) is 4.13. The molecule has 0 saturated carbocycles. The minimum absolute atomic E-state index is 0.111. The molecule has 4 heteroatoms. The molecule has 0 aromatic heterocycles. The summed E-state index contributed by atoms with van der Waals surface area (Å²) < 4.78 is 0. The third-order valence-corrected chi connectivity index (χ3v) is 2.76. The molecule has 0 aliphatic rings. The van der Waals surface area contributed by atoms with Gasteiger partial charge >= 0.3 is 0 Å². The molecule has 1 aromatic carbocycles. The van der Waals surface area contributed by atoms with Crippen molar-refractivity contribution in [3.63, 3.8) is 0 Å². The minimum Gasteiger partial charge on any atom is -0.320 e. The highest BCUT2D eigenvalue weighted by Gasteiger charge is 2.09. The molecule has 0 bridgehead atoms. The third kappa shape index (κ3) is 5.31. The fourth-order valence-electron chi connectivity index (χ4n) is 1.60. The topological polar surface area (TPSA) is 32.3 Å². The number of nitrogens with zero attached hydrogens (tertiary/aromatic N) is 1. The molecular formula is C13H19ClN2O. The van der Waals surface area contributed by atoms with Gasteiger partial charge in [0.25, 0.3) is 0 Å². The summed E-state index contributed by atoms with van der Waals surface area (Å²) in [5.74, 6) is 0.111. The summed E-state index contributed by atoms with van der Waals surface area (Å²) in [5, 5.41) is 3.69. The van der Waals surface area contributed by atoms with E-state index < -0.39 is 0 Å². The lowest BCUT2D eigenvalue weighted by atomic mass is 10.1. The van der Waals surface area contributed by atoms with Crippen LogP contribution in [0.4, 0.5) is 0 Å². The zero-order valence-electron chi connectivity index (χ0n) is 10.4. The number of halogens is 1. The second kappa shape index (κ2) is 7.43. The Kier molecular flexibility index (Phi) is 6.19. The first-order valence-electron chi connectivity index (χ1n) is 5.75. The first-order chi connectivity index (χ1) is 8.13. The van der Waals surface area contributed by atoms with Gasteiger partial charge in [0.2, 0.25) is 0 Å². The number of hydrogen-bond donors (Lipinski definition) is 1. The molecule has 0 radical (unpaired) electrons. The number of benzene rings is 1. The first-order valence-corrected chi connectivity index (χ1v) is 6.13. The number of ketones is 1. The van der Waals surface area contributed by atoms with E-state index in [1.165, 1.54) is 0 Å². The predicted octanol–water partition coefficient (Wildman–Crippen LogP) is 2.06. The smallest absolute Gasteiger partial charge is 0.176 e. The molecule has 0 aliphatic carbocycles. The lowest BCUT2D eigenvalue weighted by Crippen LogP contribution is -2.28. The number of nitrogens with one attached hydrogen (secondary N) is 1. The number of hydrogen-bond acceptors (Lipinski definition) is 3. The van der Waals surface area contributed by atoms with E-state index in [2.05, 4.69) is 5.32 Å². The molecule has 0 heterocycles. The van der Waals surface area contributed by atoms with Gasteiger partial charge in [-0.3, -0.25) is 9.69 Å². The van der Waals surface area contributed by atoms with Crippen LogP contribution in [0.15, 0.2) is 24.3 Å². The van der Waals surface area contributed by atoms with Crippen molar-refractivity contribution in [3.05, 3.63) is 34.9 Å². The molecular weight excluding hydrogens is 236 g/mol. The highest BCUT2D eigenvalue weighted by Crippen LogP contribution is 2.11. The van der Waals surface area contributed by atoms with E-state index in [0.717, 1.165) is 19.5 Å². The summed E-state index contributed by atoms with van der Waals surface area (Å²) in [6, 6.07) is 7.09. The monoisotopic (exact) mass is 254 g/mol. The largest absolute Gasteiger partial charge is 0.320 e. The Morgan fingerprint density at radius 2 is 2.24 bits per heavy atom. The Balaban J connectivity index is 2.43. The van der Waals surface area contributed by atoms with Crippen molar-refractivity contribution in [1.29, 1.82) is 0 Å². The zero-order chi connectivity index (χ0) is 12.7. The molecule has 0 atom stereocenters. The normalized spacial score (nSPS) is 10.8. The van der Waals surface area contributed by atoms with Gasteiger partial charge in [-0.2, -0.15) is 0 Å². The molecule has 0 saturated heterocycles. The molecule has 1 aromatic rings. The van der Waals surface area contributed by atoms with Crippen LogP contribution in [0.3, 0.4) is 0 Å². The summed E-state index contributed by atoms with van der Waals surface area (Å²) in [6.07, 6.45) is 1.04. The van der Waals surface area contributed by atoms with Crippen LogP contribution in [-0.2, 0) is 0 Å². The maximum atomic E-state index is 11.9. The average molecular weight is 255 g/mol. The fraction of sp³-hybridized carbons (Fsp3) is 0.462.